The van der Waals surface area contributed by atoms with Crippen molar-refractivity contribution < 1.29 is 9.53 Å². The molecule has 0 radical (unpaired) electrons. The largest absolute Gasteiger partial charge is 0.462 e. The molecule has 0 aliphatic rings. The Bertz CT molecular complexity index is 195. The Kier molecular flexibility index (Phi) is 13.1. The third kappa shape index (κ3) is 10.9. The van der Waals surface area contributed by atoms with Crippen molar-refractivity contribution in [1.29, 1.82) is 0 Å². The summed E-state index contributed by atoms with van der Waals surface area (Å²) in [6, 6.07) is 0. The summed E-state index contributed by atoms with van der Waals surface area (Å²) in [4.78, 5) is 11.4. The first-order chi connectivity index (χ1) is 8.74. The summed E-state index contributed by atoms with van der Waals surface area (Å²) in [7, 11) is 0. The fourth-order valence-corrected chi connectivity index (χ4v) is 2.26. The van der Waals surface area contributed by atoms with Gasteiger partial charge in [-0.1, -0.05) is 52.4 Å². The molecule has 1 atom stereocenters. The summed E-state index contributed by atoms with van der Waals surface area (Å²) in [5.41, 5.74) is 0. The molecule has 108 valence electrons. The van der Waals surface area contributed by atoms with Crippen molar-refractivity contribution in [2.24, 2.45) is 0 Å². The lowest BCUT2D eigenvalue weighted by atomic mass is 10.0. The number of rotatable bonds is 12. The Hall–Kier alpha value is -0.180. The third-order valence-electron chi connectivity index (χ3n) is 3.10. The Morgan fingerprint density at radius 3 is 2.28 bits per heavy atom. The van der Waals surface area contributed by atoms with Gasteiger partial charge in [0.2, 0.25) is 0 Å². The SMILES string of the molecule is CCCCCCCCC(CCC)OC(=O)CCS. The van der Waals surface area contributed by atoms with E-state index in [4.69, 9.17) is 4.74 Å². The number of thiol groups is 1. The average molecular weight is 274 g/mol. The maximum absolute atomic E-state index is 11.4. The molecule has 0 fully saturated rings. The second kappa shape index (κ2) is 13.3. The van der Waals surface area contributed by atoms with Gasteiger partial charge >= 0.3 is 5.97 Å². The quantitative estimate of drug-likeness (QED) is 0.315. The van der Waals surface area contributed by atoms with E-state index in [1.807, 2.05) is 0 Å². The van der Waals surface area contributed by atoms with E-state index in [0.717, 1.165) is 19.3 Å². The molecule has 1 unspecified atom stereocenters. The monoisotopic (exact) mass is 274 g/mol. The molecule has 0 aliphatic carbocycles. The Labute approximate surface area is 118 Å². The Balaban J connectivity index is 3.65. The minimum atomic E-state index is -0.0885. The van der Waals surface area contributed by atoms with Gasteiger partial charge in [-0.15, -0.1) is 0 Å². The molecule has 0 amide bonds. The number of esters is 1. The van der Waals surface area contributed by atoms with Crippen LogP contribution >= 0.6 is 12.6 Å². The van der Waals surface area contributed by atoms with Crippen LogP contribution < -0.4 is 0 Å². The standard InChI is InChI=1S/C15H30O2S/c1-3-5-6-7-8-9-11-14(10-4-2)17-15(16)12-13-18/h14,18H,3-13H2,1-2H3. The maximum Gasteiger partial charge on any atom is 0.306 e. The summed E-state index contributed by atoms with van der Waals surface area (Å²) in [5.74, 6) is 0.490. The molecule has 0 bridgehead atoms. The van der Waals surface area contributed by atoms with E-state index in [1.54, 1.807) is 0 Å². The van der Waals surface area contributed by atoms with Crippen LogP contribution in [0.3, 0.4) is 0 Å². The number of unbranched alkanes of at least 4 members (excludes halogenated alkanes) is 5. The van der Waals surface area contributed by atoms with Crippen LogP contribution in [-0.2, 0) is 9.53 Å². The first kappa shape index (κ1) is 17.8. The fourth-order valence-electron chi connectivity index (χ4n) is 2.07. The molecule has 18 heavy (non-hydrogen) atoms. The van der Waals surface area contributed by atoms with E-state index in [9.17, 15) is 4.79 Å². The van der Waals surface area contributed by atoms with Gasteiger partial charge in [0, 0.05) is 5.75 Å². The van der Waals surface area contributed by atoms with Crippen molar-refractivity contribution in [3.05, 3.63) is 0 Å². The lowest BCUT2D eigenvalue weighted by Gasteiger charge is -2.17. The van der Waals surface area contributed by atoms with E-state index in [1.165, 1.54) is 38.5 Å². The topological polar surface area (TPSA) is 26.3 Å². The van der Waals surface area contributed by atoms with Crippen molar-refractivity contribution in [2.75, 3.05) is 5.75 Å². The summed E-state index contributed by atoms with van der Waals surface area (Å²) in [6.07, 6.45) is 11.4. The smallest absolute Gasteiger partial charge is 0.306 e. The number of hydrogen-bond acceptors (Lipinski definition) is 3. The van der Waals surface area contributed by atoms with Crippen LogP contribution in [0.5, 0.6) is 0 Å². The third-order valence-corrected chi connectivity index (χ3v) is 3.33. The van der Waals surface area contributed by atoms with Gasteiger partial charge in [0.1, 0.15) is 6.10 Å². The fraction of sp³-hybridized carbons (Fsp3) is 0.933. The molecule has 0 saturated heterocycles. The van der Waals surface area contributed by atoms with Gasteiger partial charge in [0.25, 0.3) is 0 Å². The molecule has 3 heteroatoms. The summed E-state index contributed by atoms with van der Waals surface area (Å²) < 4.78 is 5.47. The zero-order chi connectivity index (χ0) is 13.6. The van der Waals surface area contributed by atoms with Gasteiger partial charge < -0.3 is 4.74 Å². The molecule has 0 N–H and O–H groups in total. The number of carbonyl (C=O) groups is 1. The van der Waals surface area contributed by atoms with E-state index in [0.29, 0.717) is 12.2 Å². The summed E-state index contributed by atoms with van der Waals surface area (Å²) >= 11 is 4.05. The van der Waals surface area contributed by atoms with Gasteiger partial charge in [-0.05, 0) is 19.3 Å². The van der Waals surface area contributed by atoms with Crippen LogP contribution in [0.4, 0.5) is 0 Å². The minimum absolute atomic E-state index is 0.0885. The predicted octanol–water partition coefficient (Wildman–Crippen LogP) is 4.77. The Morgan fingerprint density at radius 2 is 1.67 bits per heavy atom. The highest BCUT2D eigenvalue weighted by atomic mass is 32.1. The average Bonchev–Trinajstić information content (AvgIpc) is 2.34. The molecule has 0 aliphatic heterocycles. The molecular formula is C15H30O2S. The molecule has 0 aromatic carbocycles. The van der Waals surface area contributed by atoms with Crippen LogP contribution in [0.25, 0.3) is 0 Å². The summed E-state index contributed by atoms with van der Waals surface area (Å²) in [5, 5.41) is 0. The van der Waals surface area contributed by atoms with Crippen LogP contribution in [-0.4, -0.2) is 17.8 Å². The normalized spacial score (nSPS) is 12.4. The highest BCUT2D eigenvalue weighted by molar-refractivity contribution is 7.80. The first-order valence-corrected chi connectivity index (χ1v) is 8.18. The van der Waals surface area contributed by atoms with E-state index < -0.39 is 0 Å². The van der Waals surface area contributed by atoms with Crippen molar-refractivity contribution in [3.63, 3.8) is 0 Å². The summed E-state index contributed by atoms with van der Waals surface area (Å²) in [6.45, 7) is 4.37. The second-order valence-electron chi connectivity index (χ2n) is 4.93. The van der Waals surface area contributed by atoms with Crippen LogP contribution in [0, 0.1) is 0 Å². The number of ether oxygens (including phenoxy) is 1. The zero-order valence-corrected chi connectivity index (χ0v) is 13.0. The molecule has 2 nitrogen and oxygen atoms in total. The maximum atomic E-state index is 11.4. The van der Waals surface area contributed by atoms with Gasteiger partial charge in [-0.2, -0.15) is 12.6 Å². The molecule has 0 heterocycles. The number of hydrogen-bond donors (Lipinski definition) is 1. The van der Waals surface area contributed by atoms with Crippen molar-refractivity contribution in [1.82, 2.24) is 0 Å². The van der Waals surface area contributed by atoms with E-state index in [-0.39, 0.29) is 12.1 Å². The van der Waals surface area contributed by atoms with Gasteiger partial charge in [-0.25, -0.2) is 0 Å². The van der Waals surface area contributed by atoms with E-state index >= 15 is 0 Å². The van der Waals surface area contributed by atoms with Crippen molar-refractivity contribution >= 4 is 18.6 Å². The lowest BCUT2D eigenvalue weighted by molar-refractivity contribution is -0.149. The molecule has 0 aromatic rings. The van der Waals surface area contributed by atoms with Crippen LogP contribution in [0.15, 0.2) is 0 Å². The molecule has 0 aromatic heterocycles. The molecule has 0 rings (SSSR count). The molecule has 0 saturated carbocycles. The van der Waals surface area contributed by atoms with Crippen molar-refractivity contribution in [3.8, 4) is 0 Å². The molecular weight excluding hydrogens is 244 g/mol. The van der Waals surface area contributed by atoms with Gasteiger partial charge in [-0.3, -0.25) is 4.79 Å². The van der Waals surface area contributed by atoms with Gasteiger partial charge in [0.15, 0.2) is 0 Å². The van der Waals surface area contributed by atoms with Crippen molar-refractivity contribution in [2.45, 2.75) is 84.2 Å². The Morgan fingerprint density at radius 1 is 1.00 bits per heavy atom. The zero-order valence-electron chi connectivity index (χ0n) is 12.1. The molecule has 0 spiro atoms. The first-order valence-electron chi connectivity index (χ1n) is 7.54. The number of carbonyl (C=O) groups excluding carboxylic acids is 1. The van der Waals surface area contributed by atoms with Crippen LogP contribution in [0.2, 0.25) is 0 Å². The van der Waals surface area contributed by atoms with Gasteiger partial charge in [0.05, 0.1) is 6.42 Å². The van der Waals surface area contributed by atoms with Crippen LogP contribution in [0.1, 0.15) is 78.1 Å². The second-order valence-corrected chi connectivity index (χ2v) is 5.38. The highest BCUT2D eigenvalue weighted by Crippen LogP contribution is 2.14. The predicted molar refractivity (Wildman–Crippen MR) is 81.3 cm³/mol. The highest BCUT2D eigenvalue weighted by Gasteiger charge is 2.12. The minimum Gasteiger partial charge on any atom is -0.462 e. The lowest BCUT2D eigenvalue weighted by Crippen LogP contribution is -2.18. The van der Waals surface area contributed by atoms with E-state index in [2.05, 4.69) is 26.5 Å².